The average molecular weight is 222 g/mol. The van der Waals surface area contributed by atoms with Crippen molar-refractivity contribution in [1.82, 2.24) is 9.88 Å². The lowest BCUT2D eigenvalue weighted by molar-refractivity contribution is 0.0942. The number of rotatable bonds is 3. The smallest absolute Gasteiger partial charge is 0.253 e. The molecule has 0 saturated carbocycles. The van der Waals surface area contributed by atoms with Gasteiger partial charge in [-0.05, 0) is 47.6 Å². The van der Waals surface area contributed by atoms with Crippen LogP contribution in [0.2, 0.25) is 0 Å². The Bertz CT molecular complexity index is 389. The van der Waals surface area contributed by atoms with Crippen LogP contribution in [0.25, 0.3) is 0 Å². The summed E-state index contributed by atoms with van der Waals surface area (Å²) in [7, 11) is 0. The van der Waals surface area contributed by atoms with Crippen LogP contribution in [0.4, 0.5) is 0 Å². The lowest BCUT2D eigenvalue weighted by Crippen LogP contribution is -2.30. The zero-order valence-electron chi connectivity index (χ0n) is 11.1. The number of carbonyl (C=O) groups is 1. The summed E-state index contributed by atoms with van der Waals surface area (Å²) in [6.45, 7) is 12.2. The predicted octanol–water partition coefficient (Wildman–Crippen LogP) is 2.82. The van der Waals surface area contributed by atoms with Crippen LogP contribution in [0.1, 0.15) is 55.5 Å². The molecule has 0 aliphatic heterocycles. The SMILES string of the molecule is Cc1cc(C(=O)NC(C)C)c(C)n1C(C)C. The highest BCUT2D eigenvalue weighted by molar-refractivity contribution is 5.95. The maximum Gasteiger partial charge on any atom is 0.253 e. The molecule has 0 radical (unpaired) electrons. The molecular weight excluding hydrogens is 200 g/mol. The largest absolute Gasteiger partial charge is 0.350 e. The number of hydrogen-bond donors (Lipinski definition) is 1. The van der Waals surface area contributed by atoms with Gasteiger partial charge < -0.3 is 9.88 Å². The van der Waals surface area contributed by atoms with Gasteiger partial charge in [-0.1, -0.05) is 0 Å². The van der Waals surface area contributed by atoms with Gasteiger partial charge >= 0.3 is 0 Å². The summed E-state index contributed by atoms with van der Waals surface area (Å²) in [5, 5.41) is 2.93. The number of hydrogen-bond acceptors (Lipinski definition) is 1. The highest BCUT2D eigenvalue weighted by Crippen LogP contribution is 2.19. The molecule has 0 spiro atoms. The Balaban J connectivity index is 3.07. The van der Waals surface area contributed by atoms with Crippen LogP contribution < -0.4 is 5.32 Å². The first kappa shape index (κ1) is 12.8. The Kier molecular flexibility index (Phi) is 3.79. The third-order valence-corrected chi connectivity index (χ3v) is 2.67. The number of carbonyl (C=O) groups excluding carboxylic acids is 1. The summed E-state index contributed by atoms with van der Waals surface area (Å²) in [5.74, 6) is 0.0231. The predicted molar refractivity (Wildman–Crippen MR) is 66.9 cm³/mol. The number of amides is 1. The molecule has 1 N–H and O–H groups in total. The lowest BCUT2D eigenvalue weighted by Gasteiger charge is -2.14. The minimum absolute atomic E-state index is 0.0231. The monoisotopic (exact) mass is 222 g/mol. The van der Waals surface area contributed by atoms with Crippen LogP contribution in [0.5, 0.6) is 0 Å². The standard InChI is InChI=1S/C13H22N2O/c1-8(2)14-13(16)12-7-10(5)15(9(3)4)11(12)6/h7-9H,1-6H3,(H,14,16). The lowest BCUT2D eigenvalue weighted by atomic mass is 10.2. The van der Waals surface area contributed by atoms with Crippen LogP contribution >= 0.6 is 0 Å². The van der Waals surface area contributed by atoms with Crippen LogP contribution in [-0.4, -0.2) is 16.5 Å². The first-order valence-corrected chi connectivity index (χ1v) is 5.83. The highest BCUT2D eigenvalue weighted by atomic mass is 16.1. The van der Waals surface area contributed by atoms with Gasteiger partial charge in [0.05, 0.1) is 5.56 Å². The van der Waals surface area contributed by atoms with Crippen molar-refractivity contribution in [2.45, 2.75) is 53.6 Å². The molecule has 0 fully saturated rings. The summed E-state index contributed by atoms with van der Waals surface area (Å²) >= 11 is 0. The third kappa shape index (κ3) is 2.46. The van der Waals surface area contributed by atoms with E-state index >= 15 is 0 Å². The quantitative estimate of drug-likeness (QED) is 0.838. The van der Waals surface area contributed by atoms with Crippen molar-refractivity contribution in [3.63, 3.8) is 0 Å². The number of nitrogens with one attached hydrogen (secondary N) is 1. The van der Waals surface area contributed by atoms with E-state index in [0.29, 0.717) is 6.04 Å². The van der Waals surface area contributed by atoms with E-state index in [1.54, 1.807) is 0 Å². The molecule has 0 saturated heterocycles. The molecule has 1 aromatic rings. The Morgan fingerprint density at radius 2 is 1.81 bits per heavy atom. The zero-order valence-corrected chi connectivity index (χ0v) is 11.1. The van der Waals surface area contributed by atoms with E-state index < -0.39 is 0 Å². The molecular formula is C13H22N2O. The van der Waals surface area contributed by atoms with Crippen LogP contribution in [0, 0.1) is 13.8 Å². The van der Waals surface area contributed by atoms with Crippen molar-refractivity contribution in [2.24, 2.45) is 0 Å². The van der Waals surface area contributed by atoms with Crippen LogP contribution in [-0.2, 0) is 0 Å². The fraction of sp³-hybridized carbons (Fsp3) is 0.615. The van der Waals surface area contributed by atoms with E-state index in [4.69, 9.17) is 0 Å². The van der Waals surface area contributed by atoms with Crippen molar-refractivity contribution in [2.75, 3.05) is 0 Å². The summed E-state index contributed by atoms with van der Waals surface area (Å²) in [6.07, 6.45) is 0. The van der Waals surface area contributed by atoms with Crippen molar-refractivity contribution in [3.05, 3.63) is 23.0 Å². The molecule has 1 amide bonds. The second kappa shape index (κ2) is 4.73. The number of aromatic nitrogens is 1. The molecule has 90 valence electrons. The fourth-order valence-electron chi connectivity index (χ4n) is 2.14. The molecule has 0 atom stereocenters. The molecule has 0 bridgehead atoms. The molecule has 1 aromatic heterocycles. The van der Waals surface area contributed by atoms with Crippen molar-refractivity contribution in [3.8, 4) is 0 Å². The number of nitrogens with zero attached hydrogens (tertiary/aromatic N) is 1. The summed E-state index contributed by atoms with van der Waals surface area (Å²) < 4.78 is 2.19. The molecule has 3 heteroatoms. The topological polar surface area (TPSA) is 34.0 Å². The van der Waals surface area contributed by atoms with Gasteiger partial charge in [-0.25, -0.2) is 0 Å². The van der Waals surface area contributed by atoms with Crippen LogP contribution in [0.15, 0.2) is 6.07 Å². The maximum absolute atomic E-state index is 11.9. The van der Waals surface area contributed by atoms with Crippen molar-refractivity contribution < 1.29 is 4.79 Å². The Morgan fingerprint density at radius 1 is 1.25 bits per heavy atom. The van der Waals surface area contributed by atoms with Gasteiger partial charge in [0.15, 0.2) is 0 Å². The molecule has 1 rings (SSSR count). The molecule has 0 unspecified atom stereocenters. The molecule has 0 aliphatic carbocycles. The zero-order chi connectivity index (χ0) is 12.5. The molecule has 16 heavy (non-hydrogen) atoms. The highest BCUT2D eigenvalue weighted by Gasteiger charge is 2.17. The van der Waals surface area contributed by atoms with E-state index in [9.17, 15) is 4.79 Å². The minimum atomic E-state index is 0.0231. The van der Waals surface area contributed by atoms with Gasteiger partial charge in [0.2, 0.25) is 0 Å². The second-order valence-corrected chi connectivity index (χ2v) is 4.88. The van der Waals surface area contributed by atoms with Crippen molar-refractivity contribution >= 4 is 5.91 Å². The Morgan fingerprint density at radius 3 is 2.19 bits per heavy atom. The Hall–Kier alpha value is -1.25. The summed E-state index contributed by atoms with van der Waals surface area (Å²) in [4.78, 5) is 11.9. The van der Waals surface area contributed by atoms with Gasteiger partial charge in [0.1, 0.15) is 0 Å². The fourth-order valence-corrected chi connectivity index (χ4v) is 2.14. The third-order valence-electron chi connectivity index (χ3n) is 2.67. The van der Waals surface area contributed by atoms with E-state index in [0.717, 1.165) is 17.0 Å². The van der Waals surface area contributed by atoms with E-state index in [1.807, 2.05) is 33.8 Å². The van der Waals surface area contributed by atoms with E-state index in [2.05, 4.69) is 23.7 Å². The Labute approximate surface area is 97.8 Å². The van der Waals surface area contributed by atoms with Crippen molar-refractivity contribution in [1.29, 1.82) is 0 Å². The first-order chi connectivity index (χ1) is 7.34. The van der Waals surface area contributed by atoms with E-state index in [1.165, 1.54) is 0 Å². The normalized spacial score (nSPS) is 11.2. The van der Waals surface area contributed by atoms with Gasteiger partial charge in [-0.3, -0.25) is 4.79 Å². The maximum atomic E-state index is 11.9. The van der Waals surface area contributed by atoms with Gasteiger partial charge in [0.25, 0.3) is 5.91 Å². The summed E-state index contributed by atoms with van der Waals surface area (Å²) in [6, 6.07) is 2.53. The number of aryl methyl sites for hydroxylation is 1. The molecule has 1 heterocycles. The van der Waals surface area contributed by atoms with Gasteiger partial charge in [-0.15, -0.1) is 0 Å². The molecule has 0 aliphatic rings. The minimum Gasteiger partial charge on any atom is -0.350 e. The van der Waals surface area contributed by atoms with Gasteiger partial charge in [-0.2, -0.15) is 0 Å². The molecule has 0 aromatic carbocycles. The van der Waals surface area contributed by atoms with Crippen LogP contribution in [0.3, 0.4) is 0 Å². The second-order valence-electron chi connectivity index (χ2n) is 4.88. The van der Waals surface area contributed by atoms with E-state index in [-0.39, 0.29) is 11.9 Å². The average Bonchev–Trinajstić information content (AvgIpc) is 2.40. The first-order valence-electron chi connectivity index (χ1n) is 5.83. The molecule has 3 nitrogen and oxygen atoms in total. The van der Waals surface area contributed by atoms with Gasteiger partial charge in [0, 0.05) is 23.5 Å². The summed E-state index contributed by atoms with van der Waals surface area (Å²) in [5.41, 5.74) is 2.98.